The van der Waals surface area contributed by atoms with Gasteiger partial charge < -0.3 is 25.2 Å². The monoisotopic (exact) mass is 646 g/mol. The summed E-state index contributed by atoms with van der Waals surface area (Å²) in [5.41, 5.74) is 4.73. The smallest absolute Gasteiger partial charge is 0.248 e. The van der Waals surface area contributed by atoms with Gasteiger partial charge in [0.25, 0.3) is 0 Å². The van der Waals surface area contributed by atoms with E-state index in [1.54, 1.807) is 6.08 Å². The fourth-order valence-electron chi connectivity index (χ4n) is 6.13. The minimum atomic E-state index is -0.275. The number of anilines is 3. The first-order chi connectivity index (χ1) is 22.4. The number of rotatable bonds is 12. The van der Waals surface area contributed by atoms with E-state index in [9.17, 15) is 10.1 Å². The summed E-state index contributed by atoms with van der Waals surface area (Å²) >= 11 is 6.78. The number of carbonyl (C=O) groups excluding carboxylic acids is 1. The molecule has 2 fully saturated rings. The molecule has 3 N–H and O–H groups in total. The lowest BCUT2D eigenvalue weighted by atomic mass is 9.91. The number of hydrogen-bond acceptors (Lipinski definition) is 9. The molecule has 2 aliphatic heterocycles. The minimum absolute atomic E-state index is 0.169. The van der Waals surface area contributed by atoms with Crippen molar-refractivity contribution in [2.24, 2.45) is 0 Å². The predicted molar refractivity (Wildman–Crippen MR) is 182 cm³/mol. The van der Waals surface area contributed by atoms with Crippen LogP contribution in [0.25, 0.3) is 10.9 Å². The second-order valence-electron chi connectivity index (χ2n) is 11.6. The number of nitrogens with one attached hydrogen (secondary N) is 2. The molecule has 2 saturated heterocycles. The molecule has 0 atom stereocenters. The van der Waals surface area contributed by atoms with Crippen molar-refractivity contribution >= 4 is 45.5 Å². The van der Waals surface area contributed by atoms with Gasteiger partial charge in [-0.05, 0) is 55.9 Å². The molecule has 3 heterocycles. The quantitative estimate of drug-likeness (QED) is 0.220. The van der Waals surface area contributed by atoms with Crippen LogP contribution in [0, 0.1) is 11.3 Å². The topological polar surface area (TPSA) is 123 Å². The summed E-state index contributed by atoms with van der Waals surface area (Å²) in [4.78, 5) is 22.4. The van der Waals surface area contributed by atoms with Crippen LogP contribution in [0.1, 0.15) is 49.4 Å². The summed E-state index contributed by atoms with van der Waals surface area (Å²) in [6.07, 6.45) is 5.85. The van der Waals surface area contributed by atoms with Crippen LogP contribution in [0.2, 0.25) is 5.02 Å². The number of fused-ring (bicyclic) bond motifs is 1. The Hall–Kier alpha value is -3.72. The number of amides is 1. The number of nitrogens with zero attached hydrogens (tertiary/aromatic N) is 4. The molecule has 1 amide bonds. The van der Waals surface area contributed by atoms with E-state index in [4.69, 9.17) is 31.2 Å². The Balaban J connectivity index is 1.41. The number of nitriles is 1. The Morgan fingerprint density at radius 2 is 1.93 bits per heavy atom. The van der Waals surface area contributed by atoms with Crippen molar-refractivity contribution in [1.82, 2.24) is 14.8 Å². The third-order valence-corrected chi connectivity index (χ3v) is 8.94. The first-order valence-corrected chi connectivity index (χ1v) is 16.5. The van der Waals surface area contributed by atoms with Gasteiger partial charge in [-0.2, -0.15) is 5.26 Å². The van der Waals surface area contributed by atoms with E-state index < -0.39 is 0 Å². The second kappa shape index (κ2) is 16.2. The molecule has 1 aromatic heterocycles. The Morgan fingerprint density at radius 1 is 1.17 bits per heavy atom. The number of β-amino-alcohol motifs (C(OH)–C–C–N with tert-alkyl or cyclic N) is 1. The molecule has 0 radical (unpaired) electrons. The van der Waals surface area contributed by atoms with Crippen molar-refractivity contribution in [3.05, 3.63) is 64.3 Å². The van der Waals surface area contributed by atoms with Crippen LogP contribution in [0.4, 0.5) is 17.1 Å². The van der Waals surface area contributed by atoms with Gasteiger partial charge in [0, 0.05) is 80.7 Å². The maximum absolute atomic E-state index is 13.1. The first kappa shape index (κ1) is 33.6. The number of aliphatic hydroxyl groups is 1. The molecule has 0 aliphatic carbocycles. The second-order valence-corrected chi connectivity index (χ2v) is 12.0. The van der Waals surface area contributed by atoms with Gasteiger partial charge in [0.1, 0.15) is 11.8 Å². The summed E-state index contributed by atoms with van der Waals surface area (Å²) in [6, 6.07) is 11.9. The first-order valence-electron chi connectivity index (χ1n) is 16.1. The zero-order chi connectivity index (χ0) is 32.5. The van der Waals surface area contributed by atoms with Crippen LogP contribution >= 0.6 is 11.6 Å². The van der Waals surface area contributed by atoms with Crippen molar-refractivity contribution in [1.29, 1.82) is 5.26 Å². The van der Waals surface area contributed by atoms with E-state index in [1.807, 2.05) is 44.2 Å². The Bertz CT molecular complexity index is 1590. The molecule has 0 spiro atoms. The zero-order valence-electron chi connectivity index (χ0n) is 26.6. The largest absolute Gasteiger partial charge is 0.492 e. The number of pyridine rings is 1. The van der Waals surface area contributed by atoms with E-state index >= 15 is 0 Å². The fraction of sp³-hybridized carbons (Fsp3) is 0.457. The number of hydrogen-bond donors (Lipinski definition) is 3. The fourth-order valence-corrected chi connectivity index (χ4v) is 6.46. The molecule has 2 aromatic carbocycles. The number of halogens is 1. The van der Waals surface area contributed by atoms with Gasteiger partial charge in [0.2, 0.25) is 5.91 Å². The SMILES string of the molecule is CCOc1cc2nc(CC)c(C#N)c(Nc3ccc(C4CCOCC4)c(Cl)c3)c2cc1NC(=O)/C=C/CN1CCN(CCO)CC1. The number of ether oxygens (including phenoxy) is 2. The van der Waals surface area contributed by atoms with Gasteiger partial charge in [-0.1, -0.05) is 30.7 Å². The molecule has 3 aromatic rings. The molecule has 0 bridgehead atoms. The predicted octanol–water partition coefficient (Wildman–Crippen LogP) is 5.46. The van der Waals surface area contributed by atoms with Gasteiger partial charge in [0.15, 0.2) is 0 Å². The van der Waals surface area contributed by atoms with E-state index in [2.05, 4.69) is 32.6 Å². The van der Waals surface area contributed by atoms with Gasteiger partial charge in [0.05, 0.1) is 41.4 Å². The van der Waals surface area contributed by atoms with Crippen molar-refractivity contribution in [2.75, 3.05) is 76.3 Å². The van der Waals surface area contributed by atoms with Gasteiger partial charge in [-0.15, -0.1) is 0 Å². The van der Waals surface area contributed by atoms with Gasteiger partial charge in [-0.25, -0.2) is 0 Å². The highest BCUT2D eigenvalue weighted by Gasteiger charge is 2.21. The summed E-state index contributed by atoms with van der Waals surface area (Å²) < 4.78 is 11.5. The number of piperazine rings is 1. The zero-order valence-corrected chi connectivity index (χ0v) is 27.4. The summed E-state index contributed by atoms with van der Waals surface area (Å²) in [7, 11) is 0. The molecule has 244 valence electrons. The highest BCUT2D eigenvalue weighted by Crippen LogP contribution is 2.39. The molecule has 2 aliphatic rings. The normalized spacial score (nSPS) is 16.5. The van der Waals surface area contributed by atoms with Crippen molar-refractivity contribution in [3.63, 3.8) is 0 Å². The average molecular weight is 647 g/mol. The highest BCUT2D eigenvalue weighted by molar-refractivity contribution is 6.31. The van der Waals surface area contributed by atoms with E-state index in [1.165, 1.54) is 0 Å². The average Bonchev–Trinajstić information content (AvgIpc) is 3.06. The Morgan fingerprint density at radius 3 is 2.61 bits per heavy atom. The Labute approximate surface area is 275 Å². The number of carbonyl (C=O) groups is 1. The van der Waals surface area contributed by atoms with E-state index in [0.29, 0.717) is 76.3 Å². The summed E-state index contributed by atoms with van der Waals surface area (Å²) in [6.45, 7) is 10.8. The number of aromatic nitrogens is 1. The maximum atomic E-state index is 13.1. The van der Waals surface area contributed by atoms with Gasteiger partial charge in [-0.3, -0.25) is 19.6 Å². The van der Waals surface area contributed by atoms with Crippen LogP contribution in [0.15, 0.2) is 42.5 Å². The Kier molecular flexibility index (Phi) is 11.9. The van der Waals surface area contributed by atoms with Crippen molar-refractivity contribution in [3.8, 4) is 11.8 Å². The van der Waals surface area contributed by atoms with Gasteiger partial charge >= 0.3 is 0 Å². The van der Waals surface area contributed by atoms with Crippen molar-refractivity contribution in [2.45, 2.75) is 39.0 Å². The maximum Gasteiger partial charge on any atom is 0.248 e. The summed E-state index contributed by atoms with van der Waals surface area (Å²) in [5, 5.41) is 27.2. The van der Waals surface area contributed by atoms with E-state index in [0.717, 1.165) is 63.5 Å². The lowest BCUT2D eigenvalue weighted by Gasteiger charge is -2.33. The molecule has 11 heteroatoms. The van der Waals surface area contributed by atoms with Crippen molar-refractivity contribution < 1.29 is 19.4 Å². The number of aryl methyl sites for hydroxylation is 1. The summed E-state index contributed by atoms with van der Waals surface area (Å²) in [5.74, 6) is 0.589. The molecule has 0 unspecified atom stereocenters. The lowest BCUT2D eigenvalue weighted by molar-refractivity contribution is -0.111. The number of aliphatic hydroxyl groups excluding tert-OH is 1. The number of benzene rings is 2. The van der Waals surface area contributed by atoms with Crippen LogP contribution in [0.5, 0.6) is 5.75 Å². The third-order valence-electron chi connectivity index (χ3n) is 8.61. The molecular formula is C35H43ClN6O4. The molecule has 10 nitrogen and oxygen atoms in total. The van der Waals surface area contributed by atoms with Crippen LogP contribution in [-0.4, -0.2) is 91.5 Å². The molecular weight excluding hydrogens is 604 g/mol. The molecule has 0 saturated carbocycles. The highest BCUT2D eigenvalue weighted by atomic mass is 35.5. The molecule has 5 rings (SSSR count). The van der Waals surface area contributed by atoms with E-state index in [-0.39, 0.29) is 12.5 Å². The minimum Gasteiger partial charge on any atom is -0.492 e. The third kappa shape index (κ3) is 8.16. The lowest BCUT2D eigenvalue weighted by Crippen LogP contribution is -2.47. The van der Waals surface area contributed by atoms with Crippen LogP contribution in [-0.2, 0) is 16.0 Å². The molecule has 46 heavy (non-hydrogen) atoms. The van der Waals surface area contributed by atoms with Crippen LogP contribution in [0.3, 0.4) is 0 Å². The van der Waals surface area contributed by atoms with Crippen LogP contribution < -0.4 is 15.4 Å². The standard InChI is InChI=1S/C35H43ClN6O4/c1-3-30-28(23-37)35(38-25-7-8-26(29(36)20-25)24-9-18-45-19-10-24)27-21-32(33(46-4-2)22-31(27)39-30)40-34(44)6-5-11-41-12-14-42(15-13-41)16-17-43/h5-8,20-22,24,43H,3-4,9-19H2,1-2H3,(H,38,39)(H,40,44)/b6-5+.